The maximum absolute atomic E-state index is 15.1. The van der Waals surface area contributed by atoms with Crippen molar-refractivity contribution in [3.8, 4) is 23.0 Å². The van der Waals surface area contributed by atoms with Crippen molar-refractivity contribution in [3.63, 3.8) is 0 Å². The molecule has 9 nitrogen and oxygen atoms in total. The van der Waals surface area contributed by atoms with Crippen LogP contribution in [0.5, 0.6) is 23.0 Å². The molecule has 1 aromatic heterocycles. The fourth-order valence-electron chi connectivity index (χ4n) is 4.61. The minimum absolute atomic E-state index is 0.0771. The van der Waals surface area contributed by atoms with Crippen LogP contribution in [-0.2, 0) is 16.0 Å². The summed E-state index contributed by atoms with van der Waals surface area (Å²) in [5.74, 6) is -0.723. The number of carbonyl (C=O) groups excluding carboxylic acids is 2. The van der Waals surface area contributed by atoms with Gasteiger partial charge in [-0.1, -0.05) is 44.4 Å². The summed E-state index contributed by atoms with van der Waals surface area (Å²) in [6.07, 6.45) is 5.18. The zero-order valence-corrected chi connectivity index (χ0v) is 25.7. The Balaban J connectivity index is 1.40. The lowest BCUT2D eigenvalue weighted by Gasteiger charge is -2.18. The topological polar surface area (TPSA) is 125 Å². The van der Waals surface area contributed by atoms with E-state index >= 15 is 4.39 Å². The number of anilines is 2. The number of halogens is 2. The molecule has 0 saturated carbocycles. The molecule has 11 heteroatoms. The van der Waals surface area contributed by atoms with Gasteiger partial charge in [0.2, 0.25) is 0 Å². The van der Waals surface area contributed by atoms with Crippen LogP contribution < -0.4 is 30.6 Å². The van der Waals surface area contributed by atoms with Gasteiger partial charge in [-0.05, 0) is 60.7 Å². The number of aromatic nitrogens is 1. The van der Waals surface area contributed by atoms with Gasteiger partial charge in [0.1, 0.15) is 5.75 Å². The van der Waals surface area contributed by atoms with Gasteiger partial charge in [0.05, 0.1) is 29.9 Å². The van der Waals surface area contributed by atoms with Crippen molar-refractivity contribution in [2.75, 3.05) is 31.3 Å². The van der Waals surface area contributed by atoms with Crippen LogP contribution in [0.4, 0.5) is 15.8 Å². The smallest absolute Gasteiger partial charge is 0.313 e. The lowest BCUT2D eigenvalue weighted by atomic mass is 10.0. The Morgan fingerprint density at radius 3 is 2.52 bits per heavy atom. The normalized spacial score (nSPS) is 11.6. The van der Waals surface area contributed by atoms with Crippen molar-refractivity contribution in [2.45, 2.75) is 39.5 Å². The Kier molecular flexibility index (Phi) is 11.2. The Morgan fingerprint density at radius 2 is 1.82 bits per heavy atom. The largest absolute Gasteiger partial charge is 0.493 e. The van der Waals surface area contributed by atoms with E-state index in [9.17, 15) is 9.59 Å². The van der Waals surface area contributed by atoms with Crippen LogP contribution in [0.15, 0.2) is 60.8 Å². The fraction of sp³-hybridized carbons (Fsp3) is 0.303. The number of nitrogens with one attached hydrogen (secondary N) is 2. The number of fused-ring (bicyclic) bond motifs is 1. The molecule has 44 heavy (non-hydrogen) atoms. The minimum Gasteiger partial charge on any atom is -0.493 e. The van der Waals surface area contributed by atoms with Gasteiger partial charge < -0.3 is 30.6 Å². The number of methoxy groups -OCH3 is 1. The van der Waals surface area contributed by atoms with Crippen molar-refractivity contribution < 1.29 is 28.2 Å². The van der Waals surface area contributed by atoms with Gasteiger partial charge in [-0.3, -0.25) is 14.6 Å². The third-order valence-electron chi connectivity index (χ3n) is 7.12. The summed E-state index contributed by atoms with van der Waals surface area (Å²) >= 11 is 6.01. The lowest BCUT2D eigenvalue weighted by Crippen LogP contribution is -2.36. The van der Waals surface area contributed by atoms with Crippen molar-refractivity contribution in [2.24, 2.45) is 5.92 Å². The summed E-state index contributed by atoms with van der Waals surface area (Å²) < 4.78 is 32.6. The van der Waals surface area contributed by atoms with Crippen molar-refractivity contribution in [3.05, 3.63) is 77.2 Å². The van der Waals surface area contributed by atoms with Gasteiger partial charge in [0.25, 0.3) is 0 Å². The van der Waals surface area contributed by atoms with Crippen molar-refractivity contribution in [1.29, 1.82) is 0 Å². The van der Waals surface area contributed by atoms with Crippen LogP contribution in [0.2, 0.25) is 5.02 Å². The van der Waals surface area contributed by atoms with Gasteiger partial charge >= 0.3 is 11.8 Å². The molecule has 1 atom stereocenters. The molecule has 232 valence electrons. The second-order valence-electron chi connectivity index (χ2n) is 10.3. The van der Waals surface area contributed by atoms with E-state index in [2.05, 4.69) is 29.5 Å². The predicted molar refractivity (Wildman–Crippen MR) is 170 cm³/mol. The molecular weight excluding hydrogens is 587 g/mol. The first-order valence-corrected chi connectivity index (χ1v) is 14.8. The Morgan fingerprint density at radius 1 is 1.00 bits per heavy atom. The highest BCUT2D eigenvalue weighted by Gasteiger charge is 2.17. The summed E-state index contributed by atoms with van der Waals surface area (Å²) in [5.41, 5.74) is 7.70. The van der Waals surface area contributed by atoms with Gasteiger partial charge in [0, 0.05) is 35.9 Å². The van der Waals surface area contributed by atoms with E-state index in [1.165, 1.54) is 12.1 Å². The second kappa shape index (κ2) is 15.2. The van der Waals surface area contributed by atoms with E-state index in [4.69, 9.17) is 31.5 Å². The number of amides is 2. The number of rotatable bonds is 13. The average molecular weight is 623 g/mol. The van der Waals surface area contributed by atoms with Crippen molar-refractivity contribution in [1.82, 2.24) is 10.3 Å². The van der Waals surface area contributed by atoms with Crippen LogP contribution in [0.1, 0.15) is 38.7 Å². The van der Waals surface area contributed by atoms with Crippen LogP contribution >= 0.6 is 11.6 Å². The number of nitrogens with two attached hydrogens (primary N) is 1. The molecule has 1 heterocycles. The van der Waals surface area contributed by atoms with Gasteiger partial charge in [0.15, 0.2) is 23.1 Å². The summed E-state index contributed by atoms with van der Waals surface area (Å²) in [7, 11) is 1.55. The number of ether oxygens (including phenoxy) is 3. The maximum Gasteiger partial charge on any atom is 0.313 e. The van der Waals surface area contributed by atoms with Crippen LogP contribution in [0.25, 0.3) is 10.9 Å². The summed E-state index contributed by atoms with van der Waals surface area (Å²) in [6, 6.07) is 14.2. The minimum atomic E-state index is -0.932. The third-order valence-corrected chi connectivity index (χ3v) is 7.44. The molecule has 0 aliphatic carbocycles. The molecule has 4 N–H and O–H groups in total. The molecular formula is C33H36ClFN4O5. The van der Waals surface area contributed by atoms with E-state index < -0.39 is 17.6 Å². The number of nitrogens with zero attached hydrogens (tertiary/aromatic N) is 1. The number of hydrogen-bond acceptors (Lipinski definition) is 7. The summed E-state index contributed by atoms with van der Waals surface area (Å²) in [6.45, 7) is 5.06. The molecule has 4 aromatic rings. The highest BCUT2D eigenvalue weighted by molar-refractivity contribution is 6.39. The highest BCUT2D eigenvalue weighted by Crippen LogP contribution is 2.38. The number of pyridine rings is 1. The first-order valence-electron chi connectivity index (χ1n) is 14.4. The quantitative estimate of drug-likeness (QED) is 0.109. The molecule has 0 aliphatic heterocycles. The number of hydrogen-bond donors (Lipinski definition) is 3. The van der Waals surface area contributed by atoms with Gasteiger partial charge in [-0.25, -0.2) is 4.39 Å². The van der Waals surface area contributed by atoms with E-state index in [0.717, 1.165) is 30.9 Å². The van der Waals surface area contributed by atoms with E-state index in [0.29, 0.717) is 57.8 Å². The summed E-state index contributed by atoms with van der Waals surface area (Å²) in [4.78, 5) is 29.1. The Bertz CT molecular complexity index is 1630. The fourth-order valence-corrected chi connectivity index (χ4v) is 4.81. The highest BCUT2D eigenvalue weighted by atomic mass is 35.5. The van der Waals surface area contributed by atoms with Crippen molar-refractivity contribution >= 4 is 45.7 Å². The second-order valence-corrected chi connectivity index (χ2v) is 10.7. The Labute approximate surface area is 260 Å². The first kappa shape index (κ1) is 32.3. The molecule has 3 aromatic carbocycles. The lowest BCUT2D eigenvalue weighted by molar-refractivity contribution is -0.136. The van der Waals surface area contributed by atoms with Crippen LogP contribution in [0, 0.1) is 11.7 Å². The molecule has 4 rings (SSSR count). The number of nitrogen functional groups attached to an aromatic ring is 1. The number of carbonyl (C=O) groups is 2. The van der Waals surface area contributed by atoms with Gasteiger partial charge in [-0.15, -0.1) is 0 Å². The molecule has 2 amide bonds. The zero-order chi connectivity index (χ0) is 31.6. The van der Waals surface area contributed by atoms with Gasteiger partial charge in [-0.2, -0.15) is 0 Å². The summed E-state index contributed by atoms with van der Waals surface area (Å²) in [5, 5.41) is 5.94. The maximum atomic E-state index is 15.1. The predicted octanol–water partition coefficient (Wildman–Crippen LogP) is 6.91. The molecule has 0 radical (unpaired) electrons. The first-order chi connectivity index (χ1) is 21.2. The van der Waals surface area contributed by atoms with Crippen LogP contribution in [-0.4, -0.2) is 37.1 Å². The Hall–Kier alpha value is -4.57. The van der Waals surface area contributed by atoms with E-state index in [1.807, 2.05) is 0 Å². The SMILES string of the molecule is CCCC(CC)COc1cc2nccc(Oc3ccc(NC(=O)C(=O)NCCc4ccc(N)c(Cl)c4)cc3F)c2cc1OC. The van der Waals surface area contributed by atoms with E-state index in [-0.39, 0.29) is 18.0 Å². The number of benzene rings is 3. The standard InChI is InChI=1S/C33H36ClFN4O5/c1-4-6-20(5-2)19-43-31-18-27-23(17-30(31)42-3)28(12-14-37-27)44-29-10-8-22(16-25(29)35)39-33(41)32(40)38-13-11-21-7-9-26(36)24(34)15-21/h7-10,12,14-18,20H,4-6,11,13,19,36H2,1-3H3,(H,38,40)(H,39,41). The molecule has 0 aliphatic rings. The monoisotopic (exact) mass is 622 g/mol. The third kappa shape index (κ3) is 8.29. The zero-order valence-electron chi connectivity index (χ0n) is 24.9. The molecule has 0 bridgehead atoms. The molecule has 1 unspecified atom stereocenters. The van der Waals surface area contributed by atoms with Crippen LogP contribution in [0.3, 0.4) is 0 Å². The van der Waals surface area contributed by atoms with E-state index in [1.54, 1.807) is 49.7 Å². The average Bonchev–Trinajstić information content (AvgIpc) is 3.01. The molecule has 0 fully saturated rings. The molecule has 0 saturated heterocycles. The molecule has 0 spiro atoms.